The molecule has 5 nitrogen and oxygen atoms in total. The van der Waals surface area contributed by atoms with E-state index in [1.54, 1.807) is 18.6 Å². The van der Waals surface area contributed by atoms with Crippen LogP contribution in [0.1, 0.15) is 16.9 Å². The molecule has 0 unspecified atom stereocenters. The van der Waals surface area contributed by atoms with Crippen LogP contribution < -0.4 is 0 Å². The monoisotopic (exact) mass is 232 g/mol. The highest BCUT2D eigenvalue weighted by molar-refractivity contribution is 5.92. The minimum absolute atomic E-state index is 0.0147. The summed E-state index contributed by atoms with van der Waals surface area (Å²) in [4.78, 5) is 24.5. The molecule has 2 fully saturated rings. The van der Waals surface area contributed by atoms with Crippen LogP contribution in [0.3, 0.4) is 0 Å². The molecule has 2 aliphatic heterocycles. The molecule has 1 amide bonds. The molecule has 90 valence electrons. The normalized spacial score (nSPS) is 28.4. The molecule has 0 aromatic carbocycles. The van der Waals surface area contributed by atoms with E-state index in [2.05, 4.69) is 21.9 Å². The zero-order chi connectivity index (χ0) is 11.8. The van der Waals surface area contributed by atoms with Gasteiger partial charge in [0.1, 0.15) is 5.69 Å². The Balaban J connectivity index is 1.73. The van der Waals surface area contributed by atoms with Crippen molar-refractivity contribution in [1.29, 1.82) is 0 Å². The molecule has 2 aliphatic rings. The second-order valence-electron chi connectivity index (χ2n) is 4.90. The Hall–Kier alpha value is -1.49. The first kappa shape index (κ1) is 10.7. The van der Waals surface area contributed by atoms with E-state index in [1.165, 1.54) is 6.42 Å². The van der Waals surface area contributed by atoms with Crippen LogP contribution >= 0.6 is 0 Å². The number of carbonyl (C=O) groups excluding carboxylic acids is 1. The zero-order valence-corrected chi connectivity index (χ0v) is 9.91. The van der Waals surface area contributed by atoms with Crippen molar-refractivity contribution >= 4 is 5.91 Å². The lowest BCUT2D eigenvalue weighted by Crippen LogP contribution is -2.35. The maximum absolute atomic E-state index is 12.2. The predicted octanol–water partition coefficient (Wildman–Crippen LogP) is 0.253. The average molecular weight is 232 g/mol. The van der Waals surface area contributed by atoms with Crippen molar-refractivity contribution in [3.05, 3.63) is 24.3 Å². The number of likely N-dealkylation sites (tertiary alicyclic amines) is 2. The summed E-state index contributed by atoms with van der Waals surface area (Å²) < 4.78 is 0. The minimum Gasteiger partial charge on any atom is -0.335 e. The summed E-state index contributed by atoms with van der Waals surface area (Å²) in [7, 11) is 2.14. The lowest BCUT2D eigenvalue weighted by atomic mass is 10.1. The third-order valence-electron chi connectivity index (χ3n) is 3.89. The van der Waals surface area contributed by atoms with Gasteiger partial charge in [-0.3, -0.25) is 9.78 Å². The number of carbonyl (C=O) groups is 1. The highest BCUT2D eigenvalue weighted by Gasteiger charge is 2.41. The second-order valence-corrected chi connectivity index (χ2v) is 4.90. The van der Waals surface area contributed by atoms with Crippen molar-refractivity contribution in [2.75, 3.05) is 26.7 Å². The molecule has 0 N–H and O–H groups in total. The van der Waals surface area contributed by atoms with Crippen molar-refractivity contribution in [2.45, 2.75) is 12.5 Å². The lowest BCUT2D eigenvalue weighted by Gasteiger charge is -2.20. The van der Waals surface area contributed by atoms with Crippen molar-refractivity contribution in [2.24, 2.45) is 5.92 Å². The van der Waals surface area contributed by atoms with E-state index in [0.29, 0.717) is 17.7 Å². The van der Waals surface area contributed by atoms with Gasteiger partial charge in [-0.25, -0.2) is 4.98 Å². The van der Waals surface area contributed by atoms with Crippen molar-refractivity contribution in [1.82, 2.24) is 19.8 Å². The topological polar surface area (TPSA) is 49.3 Å². The Bertz CT molecular complexity index is 422. The van der Waals surface area contributed by atoms with Gasteiger partial charge in [-0.1, -0.05) is 0 Å². The molecule has 1 aromatic rings. The van der Waals surface area contributed by atoms with Gasteiger partial charge in [-0.15, -0.1) is 0 Å². The molecule has 17 heavy (non-hydrogen) atoms. The summed E-state index contributed by atoms with van der Waals surface area (Å²) in [6, 6.07) is 0.538. The third kappa shape index (κ3) is 1.80. The molecule has 3 rings (SSSR count). The fourth-order valence-corrected chi connectivity index (χ4v) is 2.91. The van der Waals surface area contributed by atoms with Crippen LogP contribution in [0.25, 0.3) is 0 Å². The number of nitrogens with zero attached hydrogens (tertiary/aromatic N) is 4. The van der Waals surface area contributed by atoms with Gasteiger partial charge >= 0.3 is 0 Å². The van der Waals surface area contributed by atoms with Crippen molar-refractivity contribution < 1.29 is 4.79 Å². The fraction of sp³-hybridized carbons (Fsp3) is 0.583. The number of amides is 1. The zero-order valence-electron chi connectivity index (χ0n) is 9.91. The maximum atomic E-state index is 12.2. The minimum atomic E-state index is 0.0147. The van der Waals surface area contributed by atoms with Crippen LogP contribution in [0.5, 0.6) is 0 Å². The van der Waals surface area contributed by atoms with E-state index in [4.69, 9.17) is 0 Å². The van der Waals surface area contributed by atoms with E-state index >= 15 is 0 Å². The van der Waals surface area contributed by atoms with Gasteiger partial charge in [0.15, 0.2) is 0 Å². The Morgan fingerprint density at radius 2 is 2.29 bits per heavy atom. The van der Waals surface area contributed by atoms with Crippen molar-refractivity contribution in [3.8, 4) is 0 Å². The molecule has 5 heteroatoms. The van der Waals surface area contributed by atoms with Crippen LogP contribution in [0.2, 0.25) is 0 Å². The number of hydrogen-bond acceptors (Lipinski definition) is 4. The van der Waals surface area contributed by atoms with E-state index in [0.717, 1.165) is 19.6 Å². The summed E-state index contributed by atoms with van der Waals surface area (Å²) >= 11 is 0. The summed E-state index contributed by atoms with van der Waals surface area (Å²) in [5.41, 5.74) is 0.454. The Morgan fingerprint density at radius 3 is 3.00 bits per heavy atom. The first-order chi connectivity index (χ1) is 8.25. The lowest BCUT2D eigenvalue weighted by molar-refractivity contribution is 0.0768. The standard InChI is InChI=1S/C12H16N4O/c1-15-5-2-9-7-16(8-11(9)15)12(17)10-6-13-3-4-14-10/h3-4,6,9,11H,2,5,7-8H2,1H3/t9-,11+/m1/s1. The van der Waals surface area contributed by atoms with E-state index in [-0.39, 0.29) is 5.91 Å². The molecular formula is C12H16N4O. The molecule has 1 aromatic heterocycles. The summed E-state index contributed by atoms with van der Waals surface area (Å²) in [6.45, 7) is 2.85. The van der Waals surface area contributed by atoms with Gasteiger partial charge in [0.05, 0.1) is 6.20 Å². The van der Waals surface area contributed by atoms with Gasteiger partial charge < -0.3 is 9.80 Å². The molecule has 0 saturated carbocycles. The van der Waals surface area contributed by atoms with E-state index < -0.39 is 0 Å². The maximum Gasteiger partial charge on any atom is 0.274 e. The molecule has 2 atom stereocenters. The van der Waals surface area contributed by atoms with Gasteiger partial charge in [0, 0.05) is 31.5 Å². The fourth-order valence-electron chi connectivity index (χ4n) is 2.91. The quantitative estimate of drug-likeness (QED) is 0.696. The number of likely N-dealkylation sites (N-methyl/N-ethyl adjacent to an activating group) is 1. The molecule has 3 heterocycles. The van der Waals surface area contributed by atoms with Gasteiger partial charge in [-0.2, -0.15) is 0 Å². The molecule has 0 spiro atoms. The predicted molar refractivity (Wildman–Crippen MR) is 62.5 cm³/mol. The van der Waals surface area contributed by atoms with Crippen LogP contribution in [0, 0.1) is 5.92 Å². The van der Waals surface area contributed by atoms with Crippen LogP contribution in [-0.2, 0) is 0 Å². The van der Waals surface area contributed by atoms with E-state index in [9.17, 15) is 4.79 Å². The number of rotatable bonds is 1. The Labute approximate surface area is 100 Å². The SMILES string of the molecule is CN1CC[C@@H]2CN(C(=O)c3cnccn3)C[C@@H]21. The average Bonchev–Trinajstić information content (AvgIpc) is 2.92. The van der Waals surface area contributed by atoms with Crippen molar-refractivity contribution in [3.63, 3.8) is 0 Å². The molecule has 2 saturated heterocycles. The van der Waals surface area contributed by atoms with Gasteiger partial charge in [-0.05, 0) is 25.9 Å². The molecular weight excluding hydrogens is 216 g/mol. The summed E-state index contributed by atoms with van der Waals surface area (Å²) in [5.74, 6) is 0.654. The second kappa shape index (κ2) is 4.07. The van der Waals surface area contributed by atoms with Gasteiger partial charge in [0.2, 0.25) is 0 Å². The molecule has 0 bridgehead atoms. The number of hydrogen-bond donors (Lipinski definition) is 0. The first-order valence-electron chi connectivity index (χ1n) is 6.01. The Morgan fingerprint density at radius 1 is 1.41 bits per heavy atom. The molecule has 0 aliphatic carbocycles. The van der Waals surface area contributed by atoms with Crippen LogP contribution in [0.4, 0.5) is 0 Å². The highest BCUT2D eigenvalue weighted by Crippen LogP contribution is 2.30. The number of fused-ring (bicyclic) bond motifs is 1. The van der Waals surface area contributed by atoms with Crippen LogP contribution in [-0.4, -0.2) is 58.4 Å². The number of aromatic nitrogens is 2. The summed E-state index contributed by atoms with van der Waals surface area (Å²) in [5, 5.41) is 0. The first-order valence-corrected chi connectivity index (χ1v) is 6.01. The smallest absolute Gasteiger partial charge is 0.274 e. The third-order valence-corrected chi connectivity index (χ3v) is 3.89. The Kier molecular flexibility index (Phi) is 2.55. The summed E-state index contributed by atoms with van der Waals surface area (Å²) in [6.07, 6.45) is 5.89. The van der Waals surface area contributed by atoms with E-state index in [1.807, 2.05) is 4.90 Å². The highest BCUT2D eigenvalue weighted by atomic mass is 16.2. The largest absolute Gasteiger partial charge is 0.335 e. The van der Waals surface area contributed by atoms with Crippen LogP contribution in [0.15, 0.2) is 18.6 Å². The molecule has 0 radical (unpaired) electrons. The van der Waals surface area contributed by atoms with Gasteiger partial charge in [0.25, 0.3) is 5.91 Å².